The molecule has 69 heavy (non-hydrogen) atoms. The molecule has 7 heteroatoms. The molecule has 6 aromatic carbocycles. The van der Waals surface area contributed by atoms with E-state index < -0.39 is 12.6 Å². The van der Waals surface area contributed by atoms with Crippen molar-refractivity contribution in [3.63, 3.8) is 0 Å². The predicted molar refractivity (Wildman–Crippen MR) is 290 cm³/mol. The summed E-state index contributed by atoms with van der Waals surface area (Å²) < 4.78 is 32.2. The Balaban J connectivity index is 0.000000190. The number of alkyl halides is 3. The number of fused-ring (bicyclic) bond motifs is 6. The Morgan fingerprint density at radius 3 is 1.19 bits per heavy atom. The van der Waals surface area contributed by atoms with Crippen LogP contribution in [-0.4, -0.2) is 13.1 Å². The SMILES string of the molecule is Cl.Cl.[CH2-]CC(F)(F)F.[CH3-].[Si]=[Zr].c1cc(-c2ccc(C3CCCCC3)cc2)c2cc(CC34CCC(CC3)C4)[cH-]c2c1.c1cc(-c2ccc(C3CCCCC3)cc2)c2cc(CC34CCC(CC3)C4)[cH-]c2c1. The van der Waals surface area contributed by atoms with Crippen LogP contribution < -0.4 is 0 Å². The van der Waals surface area contributed by atoms with E-state index in [1.807, 2.05) is 0 Å². The van der Waals surface area contributed by atoms with Crippen LogP contribution in [-0.2, 0) is 36.2 Å². The fourth-order valence-electron chi connectivity index (χ4n) is 14.0. The molecule has 2 radical (unpaired) electrons. The van der Waals surface area contributed by atoms with Crippen LogP contribution in [0, 0.1) is 37.0 Å². The molecule has 6 fully saturated rings. The van der Waals surface area contributed by atoms with Gasteiger partial charge in [0.15, 0.2) is 0 Å². The zero-order valence-electron chi connectivity index (χ0n) is 41.1. The molecule has 0 nitrogen and oxygen atoms in total. The van der Waals surface area contributed by atoms with E-state index in [9.17, 15) is 13.2 Å². The van der Waals surface area contributed by atoms with Gasteiger partial charge in [0, 0.05) is 0 Å². The largest absolute Gasteiger partial charge is 0.164 e. The maximum atomic E-state index is 10.7. The van der Waals surface area contributed by atoms with Crippen molar-refractivity contribution in [3.05, 3.63) is 146 Å². The molecular weight excluding hydrogens is 992 g/mol. The second-order valence-electron chi connectivity index (χ2n) is 21.8. The molecule has 6 aliphatic rings. The molecule has 0 spiro atoms. The molecule has 0 amide bonds. The summed E-state index contributed by atoms with van der Waals surface area (Å²) in [4.78, 5) is 0. The molecular formula is C62H75Cl2F3SiZr-4. The molecule has 6 aromatic rings. The Hall–Kier alpha value is -2.43. The third-order valence-electron chi connectivity index (χ3n) is 17.4. The van der Waals surface area contributed by atoms with E-state index >= 15 is 0 Å². The van der Waals surface area contributed by atoms with Crippen molar-refractivity contribution >= 4 is 53.2 Å². The predicted octanol–water partition coefficient (Wildman–Crippen LogP) is 19.5. The van der Waals surface area contributed by atoms with E-state index in [1.165, 1.54) is 208 Å². The fraction of sp³-hybridized carbons (Fsp3) is 0.484. The van der Waals surface area contributed by atoms with E-state index in [0.29, 0.717) is 10.8 Å². The van der Waals surface area contributed by atoms with E-state index in [-0.39, 0.29) is 32.2 Å². The second kappa shape index (κ2) is 25.0. The molecule has 6 aliphatic carbocycles. The van der Waals surface area contributed by atoms with Crippen LogP contribution in [0.3, 0.4) is 0 Å². The molecule has 0 atom stereocenters. The summed E-state index contributed by atoms with van der Waals surface area (Å²) in [6.07, 6.45) is 26.3. The van der Waals surface area contributed by atoms with Crippen molar-refractivity contribution in [1.29, 1.82) is 0 Å². The van der Waals surface area contributed by atoms with Crippen molar-refractivity contribution in [2.24, 2.45) is 22.7 Å². The Morgan fingerprint density at radius 1 is 0.536 bits per heavy atom. The monoisotopic (exact) mass is 1060 g/mol. The summed E-state index contributed by atoms with van der Waals surface area (Å²) in [5, 5.41) is 5.77. The van der Waals surface area contributed by atoms with Gasteiger partial charge in [-0.05, 0) is 159 Å². The molecule has 0 unspecified atom stereocenters. The minimum atomic E-state index is -4.07. The number of hydrogen-bond donors (Lipinski definition) is 0. The van der Waals surface area contributed by atoms with Crippen molar-refractivity contribution in [1.82, 2.24) is 0 Å². The van der Waals surface area contributed by atoms with Crippen molar-refractivity contribution in [3.8, 4) is 22.3 Å². The summed E-state index contributed by atoms with van der Waals surface area (Å²) in [5.41, 5.74) is 13.1. The molecule has 0 aromatic heterocycles. The third-order valence-corrected chi connectivity index (χ3v) is 17.4. The van der Waals surface area contributed by atoms with Gasteiger partial charge in [-0.2, -0.15) is 25.3 Å². The maximum Gasteiger partial charge on any atom is -0.0162 e. The van der Waals surface area contributed by atoms with Gasteiger partial charge in [0.2, 0.25) is 0 Å². The van der Waals surface area contributed by atoms with Gasteiger partial charge in [0.1, 0.15) is 0 Å². The Kier molecular flexibility index (Phi) is 20.2. The van der Waals surface area contributed by atoms with Crippen LogP contribution in [0.4, 0.5) is 13.2 Å². The topological polar surface area (TPSA) is 0 Å². The zero-order valence-corrected chi connectivity index (χ0v) is 46.2. The smallest absolute Gasteiger partial charge is 0.0162 e. The summed E-state index contributed by atoms with van der Waals surface area (Å²) in [7, 11) is 0. The van der Waals surface area contributed by atoms with Gasteiger partial charge in [0.25, 0.3) is 0 Å². The third kappa shape index (κ3) is 13.4. The molecule has 370 valence electrons. The van der Waals surface area contributed by atoms with Gasteiger partial charge in [-0.1, -0.05) is 117 Å². The summed E-state index contributed by atoms with van der Waals surface area (Å²) >= 11 is 1.36. The van der Waals surface area contributed by atoms with Gasteiger partial charge >= 0.3 is 36.4 Å². The van der Waals surface area contributed by atoms with E-state index in [2.05, 4.69) is 123 Å². The summed E-state index contributed by atoms with van der Waals surface area (Å²) in [6, 6.07) is 42.9. The first-order valence-electron chi connectivity index (χ1n) is 25.8. The molecule has 4 bridgehead atoms. The quantitative estimate of drug-likeness (QED) is 0.105. The molecule has 12 rings (SSSR count). The molecule has 0 aliphatic heterocycles. The number of rotatable bonds is 8. The molecule has 6 saturated carbocycles. The maximum absolute atomic E-state index is 10.7. The van der Waals surface area contributed by atoms with E-state index in [1.54, 1.807) is 22.3 Å². The van der Waals surface area contributed by atoms with Gasteiger partial charge in [-0.15, -0.1) is 93.9 Å². The van der Waals surface area contributed by atoms with Gasteiger partial charge in [0.05, 0.1) is 0 Å². The van der Waals surface area contributed by atoms with Gasteiger partial charge in [-0.25, -0.2) is 0 Å². The minimum Gasteiger partial charge on any atom is -0.164 e. The number of hydrogen-bond acceptors (Lipinski definition) is 0. The average Bonchev–Trinajstić information content (AvgIpc) is 4.25. The van der Waals surface area contributed by atoms with Crippen molar-refractivity contribution < 1.29 is 36.5 Å². The molecule has 0 N–H and O–H groups in total. The van der Waals surface area contributed by atoms with E-state index in [4.69, 9.17) is 0 Å². The van der Waals surface area contributed by atoms with Crippen LogP contribution in [0.5, 0.6) is 0 Å². The van der Waals surface area contributed by atoms with Gasteiger partial charge < -0.3 is 14.4 Å². The summed E-state index contributed by atoms with van der Waals surface area (Å²) in [5.74, 6) is 3.66. The Bertz CT molecular complexity index is 2320. The Labute approximate surface area is 442 Å². The van der Waals surface area contributed by atoms with Crippen molar-refractivity contribution in [2.75, 3.05) is 0 Å². The molecule has 0 heterocycles. The summed E-state index contributed by atoms with van der Waals surface area (Å²) in [6.45, 7) is 5.69. The van der Waals surface area contributed by atoms with Crippen LogP contribution in [0.1, 0.15) is 169 Å². The normalized spacial score (nSPS) is 23.9. The fourth-order valence-corrected chi connectivity index (χ4v) is 14.0. The van der Waals surface area contributed by atoms with Crippen molar-refractivity contribution in [2.45, 2.75) is 166 Å². The van der Waals surface area contributed by atoms with Crippen LogP contribution >= 0.6 is 24.8 Å². The standard InChI is InChI=1S/2C29H33.C3H4F3.CH3.2ClH.Si.Zr/c2*1-2-5-23(6-3-1)24-9-11-25(12-10-24)27-8-4-7-26-17-22(18-28(26)27)20-29-15-13-21(19-29)14-16-29;1-2-3(4,5)6;;;;;/h2*4,7-12,17-18,21,23H,1-3,5-6,13-16,19-20H2;1-2H2;1H3;2*1H;;/q4*-1;;;;. The number of benzene rings is 4. The van der Waals surface area contributed by atoms with Crippen LogP contribution in [0.2, 0.25) is 0 Å². The van der Waals surface area contributed by atoms with E-state index in [0.717, 1.165) is 23.7 Å². The first-order chi connectivity index (χ1) is 32.1. The van der Waals surface area contributed by atoms with Gasteiger partial charge in [-0.3, -0.25) is 0 Å². The second-order valence-corrected chi connectivity index (χ2v) is 21.8. The van der Waals surface area contributed by atoms with Crippen LogP contribution in [0.15, 0.2) is 109 Å². The first-order valence-corrected chi connectivity index (χ1v) is 30.0. The number of halogens is 5. The Morgan fingerprint density at radius 2 is 0.884 bits per heavy atom. The first kappa shape index (κ1) is 55.9. The average molecular weight is 1070 g/mol. The minimum absolute atomic E-state index is 0. The zero-order chi connectivity index (χ0) is 45.7. The van der Waals surface area contributed by atoms with Crippen LogP contribution in [0.25, 0.3) is 43.8 Å². The molecule has 0 saturated heterocycles.